The van der Waals surface area contributed by atoms with Crippen LogP contribution in [0.25, 0.3) is 0 Å². The molecule has 2 aliphatic rings. The Bertz CT molecular complexity index is 671. The summed E-state index contributed by atoms with van der Waals surface area (Å²) in [6.45, 7) is 4.22. The quantitative estimate of drug-likeness (QED) is 0.786. The lowest BCUT2D eigenvalue weighted by atomic mass is 9.98. The van der Waals surface area contributed by atoms with Gasteiger partial charge in [-0.1, -0.05) is 59.7 Å². The minimum absolute atomic E-state index is 0.557. The van der Waals surface area contributed by atoms with Crippen LogP contribution in [0.3, 0.4) is 0 Å². The number of fused-ring (bicyclic) bond motifs is 1. The molecule has 0 amide bonds. The van der Waals surface area contributed by atoms with Crippen molar-refractivity contribution in [3.05, 3.63) is 70.8 Å². The number of hydrogen-bond acceptors (Lipinski definition) is 2. The Morgan fingerprint density at radius 1 is 0.667 bits per heavy atom. The van der Waals surface area contributed by atoms with Gasteiger partial charge in [0.2, 0.25) is 0 Å². The Balaban J connectivity index is 1.69. The van der Waals surface area contributed by atoms with E-state index in [1.807, 2.05) is 0 Å². The molecule has 0 N–H and O–H groups in total. The molecule has 1 fully saturated rings. The first kappa shape index (κ1) is 12.5. The number of aryl methyl sites for hydroxylation is 2. The standard InChI is InChI=1S/C19H18N2/c1-12-3-7-14(8-4-12)18-16-11-17(16)19(21-20-18)15-9-5-13(2)6-10-15/h3-10,16-17H,11H2,1-2H3. The van der Waals surface area contributed by atoms with Gasteiger partial charge in [0.1, 0.15) is 0 Å². The Hall–Kier alpha value is -2.22. The summed E-state index contributed by atoms with van der Waals surface area (Å²) in [5.74, 6) is 1.11. The van der Waals surface area contributed by atoms with Crippen LogP contribution in [-0.2, 0) is 0 Å². The lowest BCUT2D eigenvalue weighted by molar-refractivity contribution is 0.999. The lowest BCUT2D eigenvalue weighted by Gasteiger charge is -2.12. The van der Waals surface area contributed by atoms with Gasteiger partial charge in [-0.25, -0.2) is 0 Å². The van der Waals surface area contributed by atoms with E-state index in [0.717, 1.165) is 11.4 Å². The molecule has 2 unspecified atom stereocenters. The number of benzene rings is 2. The zero-order valence-electron chi connectivity index (χ0n) is 12.4. The molecule has 104 valence electrons. The van der Waals surface area contributed by atoms with Crippen molar-refractivity contribution in [2.45, 2.75) is 20.3 Å². The van der Waals surface area contributed by atoms with Crippen molar-refractivity contribution in [2.24, 2.45) is 22.0 Å². The van der Waals surface area contributed by atoms with Gasteiger partial charge in [0, 0.05) is 11.8 Å². The van der Waals surface area contributed by atoms with Crippen molar-refractivity contribution in [3.8, 4) is 0 Å². The maximum absolute atomic E-state index is 4.54. The molecule has 2 aromatic carbocycles. The lowest BCUT2D eigenvalue weighted by Crippen LogP contribution is -2.15. The van der Waals surface area contributed by atoms with Gasteiger partial charge in [-0.15, -0.1) is 0 Å². The molecule has 0 saturated heterocycles. The van der Waals surface area contributed by atoms with Crippen molar-refractivity contribution in [3.63, 3.8) is 0 Å². The Morgan fingerprint density at radius 2 is 1.05 bits per heavy atom. The monoisotopic (exact) mass is 274 g/mol. The average Bonchev–Trinajstić information content (AvgIpc) is 3.29. The highest BCUT2D eigenvalue weighted by atomic mass is 15.2. The second-order valence-corrected chi connectivity index (χ2v) is 6.15. The molecule has 1 saturated carbocycles. The van der Waals surface area contributed by atoms with E-state index >= 15 is 0 Å². The fraction of sp³-hybridized carbons (Fsp3) is 0.263. The van der Waals surface area contributed by atoms with Crippen LogP contribution < -0.4 is 0 Å². The maximum Gasteiger partial charge on any atom is 0.0740 e. The molecule has 2 nitrogen and oxygen atoms in total. The first-order valence-corrected chi connectivity index (χ1v) is 7.52. The SMILES string of the molecule is Cc1ccc(C2=NN=C(c3ccc(C)cc3)C3CC23)cc1. The Kier molecular flexibility index (Phi) is 2.78. The third-order valence-corrected chi connectivity index (χ3v) is 4.45. The maximum atomic E-state index is 4.54. The van der Waals surface area contributed by atoms with Gasteiger partial charge < -0.3 is 0 Å². The van der Waals surface area contributed by atoms with E-state index < -0.39 is 0 Å². The molecule has 21 heavy (non-hydrogen) atoms. The van der Waals surface area contributed by atoms with Crippen LogP contribution >= 0.6 is 0 Å². The summed E-state index contributed by atoms with van der Waals surface area (Å²) < 4.78 is 0. The number of rotatable bonds is 2. The van der Waals surface area contributed by atoms with E-state index in [9.17, 15) is 0 Å². The van der Waals surface area contributed by atoms with E-state index in [2.05, 4.69) is 72.6 Å². The van der Waals surface area contributed by atoms with Crippen LogP contribution in [0.2, 0.25) is 0 Å². The molecule has 2 atom stereocenters. The molecule has 0 spiro atoms. The van der Waals surface area contributed by atoms with Crippen LogP contribution in [0, 0.1) is 25.7 Å². The van der Waals surface area contributed by atoms with Crippen LogP contribution in [-0.4, -0.2) is 11.4 Å². The minimum Gasteiger partial charge on any atom is -0.154 e. The van der Waals surface area contributed by atoms with E-state index in [0.29, 0.717) is 11.8 Å². The molecule has 2 aromatic rings. The van der Waals surface area contributed by atoms with E-state index in [4.69, 9.17) is 0 Å². The van der Waals surface area contributed by atoms with Gasteiger partial charge in [-0.2, -0.15) is 10.2 Å². The second kappa shape index (κ2) is 4.66. The number of hydrogen-bond donors (Lipinski definition) is 0. The predicted molar refractivity (Wildman–Crippen MR) is 87.0 cm³/mol. The van der Waals surface area contributed by atoms with Crippen molar-refractivity contribution in [1.82, 2.24) is 0 Å². The van der Waals surface area contributed by atoms with Crippen LogP contribution in [0.4, 0.5) is 0 Å². The molecule has 0 bridgehead atoms. The van der Waals surface area contributed by atoms with Gasteiger partial charge in [0.05, 0.1) is 11.4 Å². The van der Waals surface area contributed by atoms with Crippen molar-refractivity contribution < 1.29 is 0 Å². The average molecular weight is 274 g/mol. The fourth-order valence-corrected chi connectivity index (χ4v) is 3.05. The van der Waals surface area contributed by atoms with Gasteiger partial charge in [-0.05, 0) is 31.4 Å². The van der Waals surface area contributed by atoms with Gasteiger partial charge in [0.25, 0.3) is 0 Å². The zero-order chi connectivity index (χ0) is 14.4. The topological polar surface area (TPSA) is 24.7 Å². The van der Waals surface area contributed by atoms with Crippen LogP contribution in [0.5, 0.6) is 0 Å². The van der Waals surface area contributed by atoms with E-state index in [1.54, 1.807) is 0 Å². The highest BCUT2D eigenvalue weighted by molar-refractivity contribution is 6.14. The third kappa shape index (κ3) is 2.21. The van der Waals surface area contributed by atoms with Gasteiger partial charge in [0.15, 0.2) is 0 Å². The highest BCUT2D eigenvalue weighted by Gasteiger charge is 2.47. The summed E-state index contributed by atoms with van der Waals surface area (Å²) in [5, 5.41) is 9.07. The normalized spacial score (nSPS) is 23.1. The van der Waals surface area contributed by atoms with E-state index in [1.165, 1.54) is 28.7 Å². The Morgan fingerprint density at radius 3 is 1.43 bits per heavy atom. The van der Waals surface area contributed by atoms with Crippen molar-refractivity contribution in [1.29, 1.82) is 0 Å². The summed E-state index contributed by atoms with van der Waals surface area (Å²) in [7, 11) is 0. The molecule has 0 radical (unpaired) electrons. The molecular formula is C19H18N2. The number of nitrogens with zero attached hydrogens (tertiary/aromatic N) is 2. The fourth-order valence-electron chi connectivity index (χ4n) is 3.05. The second-order valence-electron chi connectivity index (χ2n) is 6.15. The highest BCUT2D eigenvalue weighted by Crippen LogP contribution is 2.46. The van der Waals surface area contributed by atoms with Crippen LogP contribution in [0.15, 0.2) is 58.7 Å². The summed E-state index contributed by atoms with van der Waals surface area (Å²) in [6.07, 6.45) is 1.18. The van der Waals surface area contributed by atoms with Crippen molar-refractivity contribution >= 4 is 11.4 Å². The first-order chi connectivity index (χ1) is 10.2. The molecule has 0 aromatic heterocycles. The van der Waals surface area contributed by atoms with Gasteiger partial charge in [-0.3, -0.25) is 0 Å². The van der Waals surface area contributed by atoms with Gasteiger partial charge >= 0.3 is 0 Å². The smallest absolute Gasteiger partial charge is 0.0740 e. The molecule has 1 aliphatic carbocycles. The molecule has 2 heteroatoms. The molecule has 4 rings (SSSR count). The molecule has 1 heterocycles. The summed E-state index contributed by atoms with van der Waals surface area (Å²) in [4.78, 5) is 0. The zero-order valence-corrected chi connectivity index (χ0v) is 12.4. The third-order valence-electron chi connectivity index (χ3n) is 4.45. The summed E-state index contributed by atoms with van der Waals surface area (Å²) in [6, 6.07) is 17.2. The largest absolute Gasteiger partial charge is 0.154 e. The summed E-state index contributed by atoms with van der Waals surface area (Å²) >= 11 is 0. The molecule has 1 aliphatic heterocycles. The predicted octanol–water partition coefficient (Wildman–Crippen LogP) is 4.15. The van der Waals surface area contributed by atoms with Crippen molar-refractivity contribution in [2.75, 3.05) is 0 Å². The minimum atomic E-state index is 0.557. The van der Waals surface area contributed by atoms with E-state index in [-0.39, 0.29) is 0 Å². The Labute approximate surface area is 125 Å². The molecular weight excluding hydrogens is 256 g/mol. The first-order valence-electron chi connectivity index (χ1n) is 7.52. The van der Waals surface area contributed by atoms with Crippen LogP contribution in [0.1, 0.15) is 28.7 Å². The summed E-state index contributed by atoms with van der Waals surface area (Å²) in [5.41, 5.74) is 7.34.